The molecule has 2 aliphatic heterocycles. The highest BCUT2D eigenvalue weighted by atomic mass is 32.2. The van der Waals surface area contributed by atoms with Gasteiger partial charge in [0.15, 0.2) is 0 Å². The third-order valence-electron chi connectivity index (χ3n) is 6.08. The van der Waals surface area contributed by atoms with E-state index in [9.17, 15) is 24.5 Å². The van der Waals surface area contributed by atoms with E-state index in [-0.39, 0.29) is 22.1 Å². The van der Waals surface area contributed by atoms with Gasteiger partial charge in [0, 0.05) is 30.5 Å². The minimum Gasteiger partial charge on any atom is -0.465 e. The van der Waals surface area contributed by atoms with E-state index in [1.807, 2.05) is 35.4 Å². The van der Waals surface area contributed by atoms with E-state index in [2.05, 4.69) is 0 Å². The average molecular weight is 499 g/mol. The van der Waals surface area contributed by atoms with Crippen LogP contribution in [0, 0.1) is 24.0 Å². The molecular formula is C24H26N4O6S. The fourth-order valence-corrected chi connectivity index (χ4v) is 5.30. The lowest BCUT2D eigenvalue weighted by molar-refractivity contribution is -0.384. The molecule has 11 heteroatoms. The summed E-state index contributed by atoms with van der Waals surface area (Å²) in [7, 11) is 0. The molecule has 0 N–H and O–H groups in total. The molecule has 10 nitrogen and oxygen atoms in total. The predicted octanol–water partition coefficient (Wildman–Crippen LogP) is 4.20. The zero-order valence-corrected chi connectivity index (χ0v) is 20.6. The van der Waals surface area contributed by atoms with Crippen molar-refractivity contribution in [1.82, 2.24) is 9.47 Å². The molecule has 35 heavy (non-hydrogen) atoms. The minimum atomic E-state index is -0.645. The first-order valence-corrected chi connectivity index (χ1v) is 12.2. The summed E-state index contributed by atoms with van der Waals surface area (Å²) in [5.41, 5.74) is 3.61. The number of nitro benzene ring substituents is 1. The van der Waals surface area contributed by atoms with Crippen LogP contribution in [0.3, 0.4) is 0 Å². The van der Waals surface area contributed by atoms with Gasteiger partial charge in [-0.25, -0.2) is 0 Å². The van der Waals surface area contributed by atoms with Crippen LogP contribution in [0.15, 0.2) is 29.2 Å². The predicted molar refractivity (Wildman–Crippen MR) is 133 cm³/mol. The Morgan fingerprint density at radius 1 is 1.20 bits per heavy atom. The number of imide groups is 1. The van der Waals surface area contributed by atoms with Gasteiger partial charge in [0.1, 0.15) is 12.2 Å². The highest BCUT2D eigenvalue weighted by Gasteiger charge is 2.37. The molecule has 2 aromatic rings. The summed E-state index contributed by atoms with van der Waals surface area (Å²) in [6.07, 6.45) is 3.65. The summed E-state index contributed by atoms with van der Waals surface area (Å²) in [4.78, 5) is 51.4. The van der Waals surface area contributed by atoms with Crippen LogP contribution in [0.25, 0.3) is 11.8 Å². The van der Waals surface area contributed by atoms with Gasteiger partial charge < -0.3 is 14.2 Å². The second kappa shape index (κ2) is 9.95. The van der Waals surface area contributed by atoms with Gasteiger partial charge in [0.05, 0.1) is 22.1 Å². The Hall–Kier alpha value is -3.60. The molecule has 0 aliphatic carbocycles. The Morgan fingerprint density at radius 3 is 2.57 bits per heavy atom. The number of nitro groups is 1. The summed E-state index contributed by atoms with van der Waals surface area (Å²) in [6, 6.07) is 7.08. The number of anilines is 1. The number of carbonyl (C=O) groups excluding carboxylic acids is 3. The number of hydrogen-bond donors (Lipinski definition) is 0. The van der Waals surface area contributed by atoms with Crippen molar-refractivity contribution in [3.8, 4) is 5.69 Å². The first-order valence-electron chi connectivity index (χ1n) is 11.3. The molecule has 2 aliphatic rings. The molecule has 2 saturated heterocycles. The summed E-state index contributed by atoms with van der Waals surface area (Å²) in [5, 5.41) is 11.3. The van der Waals surface area contributed by atoms with Crippen molar-refractivity contribution in [2.75, 3.05) is 31.1 Å². The Bertz CT molecular complexity index is 1240. The third-order valence-corrected chi connectivity index (χ3v) is 6.99. The van der Waals surface area contributed by atoms with Crippen LogP contribution in [-0.4, -0.2) is 57.7 Å². The topological polar surface area (TPSA) is 115 Å². The number of hydrogen-bond acceptors (Lipinski definition) is 8. The Morgan fingerprint density at radius 2 is 1.91 bits per heavy atom. The summed E-state index contributed by atoms with van der Waals surface area (Å²) >= 11 is 0.765. The maximum atomic E-state index is 12.7. The van der Waals surface area contributed by atoms with Crippen LogP contribution < -0.4 is 4.90 Å². The van der Waals surface area contributed by atoms with Crippen molar-refractivity contribution >= 4 is 46.3 Å². The van der Waals surface area contributed by atoms with Gasteiger partial charge in [-0.2, -0.15) is 0 Å². The van der Waals surface area contributed by atoms with Gasteiger partial charge >= 0.3 is 5.97 Å². The number of amides is 2. The van der Waals surface area contributed by atoms with Crippen LogP contribution in [0.5, 0.6) is 0 Å². The van der Waals surface area contributed by atoms with Crippen LogP contribution in [0.4, 0.5) is 16.2 Å². The number of nitrogens with zero attached hydrogens (tertiary/aromatic N) is 4. The maximum absolute atomic E-state index is 12.7. The number of aromatic nitrogens is 1. The molecule has 0 radical (unpaired) electrons. The van der Waals surface area contributed by atoms with Gasteiger partial charge in [-0.1, -0.05) is 0 Å². The van der Waals surface area contributed by atoms with E-state index in [1.54, 1.807) is 25.1 Å². The van der Waals surface area contributed by atoms with Crippen molar-refractivity contribution in [2.24, 2.45) is 0 Å². The zero-order chi connectivity index (χ0) is 25.3. The summed E-state index contributed by atoms with van der Waals surface area (Å²) in [5.74, 6) is -1.20. The average Bonchev–Trinajstić information content (AvgIpc) is 3.50. The van der Waals surface area contributed by atoms with Crippen molar-refractivity contribution in [1.29, 1.82) is 0 Å². The van der Waals surface area contributed by atoms with Crippen LogP contribution in [0.2, 0.25) is 0 Å². The number of aryl methyl sites for hydroxylation is 1. The molecular weight excluding hydrogens is 472 g/mol. The highest BCUT2D eigenvalue weighted by molar-refractivity contribution is 8.18. The van der Waals surface area contributed by atoms with E-state index < -0.39 is 23.7 Å². The van der Waals surface area contributed by atoms with Gasteiger partial charge in [-0.3, -0.25) is 29.4 Å². The van der Waals surface area contributed by atoms with Gasteiger partial charge in [0.25, 0.3) is 16.8 Å². The Kier molecular flexibility index (Phi) is 6.97. The minimum absolute atomic E-state index is 0.0542. The maximum Gasteiger partial charge on any atom is 0.326 e. The monoisotopic (exact) mass is 498 g/mol. The second-order valence-electron chi connectivity index (χ2n) is 8.36. The lowest BCUT2D eigenvalue weighted by atomic mass is 10.2. The summed E-state index contributed by atoms with van der Waals surface area (Å²) in [6.45, 7) is 6.71. The van der Waals surface area contributed by atoms with Gasteiger partial charge in [-0.05, 0) is 75.2 Å². The standard InChI is InChI=1S/C24H26N4O6S/c1-4-34-22(29)14-26-23(30)21(35-24(26)31)12-17-11-15(2)27(16(17)3)18-7-8-19(20(13-18)28(32)33)25-9-5-6-10-25/h7-8,11-13H,4-6,9-10,14H2,1-3H3/b21-12-. The van der Waals surface area contributed by atoms with Gasteiger partial charge in [-0.15, -0.1) is 0 Å². The van der Waals surface area contributed by atoms with Crippen molar-refractivity contribution in [3.63, 3.8) is 0 Å². The van der Waals surface area contributed by atoms with Crippen LogP contribution >= 0.6 is 11.8 Å². The lowest BCUT2D eigenvalue weighted by Gasteiger charge is -2.19. The molecule has 3 heterocycles. The SMILES string of the molecule is CCOC(=O)CN1C(=O)S/C(=C\c2cc(C)n(-c3ccc(N4CCCC4)c([N+](=O)[O-])c3)c2C)C1=O. The quantitative estimate of drug-likeness (QED) is 0.241. The fourth-order valence-electron chi connectivity index (χ4n) is 4.47. The lowest BCUT2D eigenvalue weighted by Crippen LogP contribution is -2.34. The fraction of sp³-hybridized carbons (Fsp3) is 0.375. The molecule has 184 valence electrons. The molecule has 0 atom stereocenters. The first-order chi connectivity index (χ1) is 16.7. The molecule has 4 rings (SSSR count). The molecule has 0 bridgehead atoms. The van der Waals surface area contributed by atoms with Gasteiger partial charge in [0.2, 0.25) is 0 Å². The van der Waals surface area contributed by atoms with E-state index in [1.165, 1.54) is 0 Å². The molecule has 1 aromatic heterocycles. The van der Waals surface area contributed by atoms with E-state index in [0.717, 1.165) is 54.0 Å². The highest BCUT2D eigenvalue weighted by Crippen LogP contribution is 2.36. The largest absolute Gasteiger partial charge is 0.465 e. The van der Waals surface area contributed by atoms with Crippen molar-refractivity contribution < 1.29 is 24.0 Å². The smallest absolute Gasteiger partial charge is 0.326 e. The van der Waals surface area contributed by atoms with Crippen molar-refractivity contribution in [2.45, 2.75) is 33.6 Å². The Balaban J connectivity index is 1.65. The van der Waals surface area contributed by atoms with E-state index in [4.69, 9.17) is 4.74 Å². The number of benzene rings is 1. The molecule has 2 amide bonds. The van der Waals surface area contributed by atoms with Crippen LogP contribution in [0.1, 0.15) is 36.7 Å². The van der Waals surface area contributed by atoms with E-state index >= 15 is 0 Å². The number of carbonyl (C=O) groups is 3. The van der Waals surface area contributed by atoms with Crippen molar-refractivity contribution in [3.05, 3.63) is 56.2 Å². The number of ether oxygens (including phenoxy) is 1. The third kappa shape index (κ3) is 4.81. The normalized spacial score (nSPS) is 17.1. The Labute approximate surface area is 206 Å². The molecule has 0 unspecified atom stereocenters. The second-order valence-corrected chi connectivity index (χ2v) is 9.35. The molecule has 0 saturated carbocycles. The number of esters is 1. The van der Waals surface area contributed by atoms with E-state index in [0.29, 0.717) is 16.9 Å². The molecule has 2 fully saturated rings. The molecule has 1 aromatic carbocycles. The molecule has 0 spiro atoms. The number of thioether (sulfide) groups is 1. The van der Waals surface area contributed by atoms with Crippen LogP contribution in [-0.2, 0) is 14.3 Å². The summed E-state index contributed by atoms with van der Waals surface area (Å²) < 4.78 is 6.72. The number of rotatable bonds is 7. The zero-order valence-electron chi connectivity index (χ0n) is 19.8. The first kappa shape index (κ1) is 24.5.